The van der Waals surface area contributed by atoms with Gasteiger partial charge in [0.15, 0.2) is 0 Å². The van der Waals surface area contributed by atoms with Crippen LogP contribution in [0, 0.1) is 0 Å². The zero-order valence-electron chi connectivity index (χ0n) is 6.16. The molecule has 0 bridgehead atoms. The summed E-state index contributed by atoms with van der Waals surface area (Å²) in [4.78, 5) is 0.378. The van der Waals surface area contributed by atoms with Crippen molar-refractivity contribution in [2.45, 2.75) is 31.3 Å². The lowest BCUT2D eigenvalue weighted by molar-refractivity contribution is 0.538. The maximum absolute atomic E-state index is 10.5. The number of nitrogens with two attached hydrogens (primary N) is 2. The SMILES string of the molecule is NC1CCC(N)C(=S(=O)=O)C1. The molecule has 1 rings (SSSR count). The van der Waals surface area contributed by atoms with Crippen molar-refractivity contribution in [3.63, 3.8) is 0 Å². The maximum atomic E-state index is 10.5. The average Bonchev–Trinajstić information content (AvgIpc) is 1.94. The highest BCUT2D eigenvalue weighted by Gasteiger charge is 2.22. The first-order chi connectivity index (χ1) is 5.11. The normalized spacial score (nSPS) is 32.0. The van der Waals surface area contributed by atoms with Crippen LogP contribution in [0.5, 0.6) is 0 Å². The molecule has 1 fully saturated rings. The Morgan fingerprint density at radius 1 is 1.27 bits per heavy atom. The fourth-order valence-corrected chi connectivity index (χ4v) is 1.97. The van der Waals surface area contributed by atoms with Crippen LogP contribution in [0.4, 0.5) is 0 Å². The van der Waals surface area contributed by atoms with Crippen LogP contribution in [0.1, 0.15) is 19.3 Å². The summed E-state index contributed by atoms with van der Waals surface area (Å²) in [6.07, 6.45) is 1.93. The summed E-state index contributed by atoms with van der Waals surface area (Å²) < 4.78 is 21.1. The molecule has 4 N–H and O–H groups in total. The van der Waals surface area contributed by atoms with E-state index in [1.165, 1.54) is 0 Å². The highest BCUT2D eigenvalue weighted by Crippen LogP contribution is 2.12. The molecule has 0 aromatic rings. The molecular formula is C6H12N2O2S. The monoisotopic (exact) mass is 176 g/mol. The van der Waals surface area contributed by atoms with Gasteiger partial charge >= 0.3 is 0 Å². The van der Waals surface area contributed by atoms with Crippen molar-refractivity contribution in [1.82, 2.24) is 0 Å². The van der Waals surface area contributed by atoms with E-state index >= 15 is 0 Å². The van der Waals surface area contributed by atoms with Crippen LogP contribution in [0.2, 0.25) is 0 Å². The Labute approximate surface area is 67.1 Å². The van der Waals surface area contributed by atoms with Crippen LogP contribution in [-0.2, 0) is 10.3 Å². The van der Waals surface area contributed by atoms with E-state index in [1.807, 2.05) is 0 Å². The van der Waals surface area contributed by atoms with Crippen molar-refractivity contribution in [1.29, 1.82) is 0 Å². The molecule has 0 aromatic heterocycles. The summed E-state index contributed by atoms with van der Waals surface area (Å²) in [5, 5.41) is 0. The quantitative estimate of drug-likeness (QED) is 0.458. The topological polar surface area (TPSA) is 86.2 Å². The van der Waals surface area contributed by atoms with Gasteiger partial charge in [0.2, 0.25) is 10.3 Å². The van der Waals surface area contributed by atoms with Gasteiger partial charge in [-0.15, -0.1) is 0 Å². The second kappa shape index (κ2) is 3.34. The third-order valence-corrected chi connectivity index (χ3v) is 2.84. The lowest BCUT2D eigenvalue weighted by atomic mass is 9.92. The van der Waals surface area contributed by atoms with E-state index in [-0.39, 0.29) is 12.1 Å². The van der Waals surface area contributed by atoms with Gasteiger partial charge in [-0.05, 0) is 19.3 Å². The third-order valence-electron chi connectivity index (χ3n) is 1.94. The Hall–Kier alpha value is -0.390. The van der Waals surface area contributed by atoms with E-state index in [9.17, 15) is 8.42 Å². The van der Waals surface area contributed by atoms with Crippen molar-refractivity contribution in [2.75, 3.05) is 0 Å². The van der Waals surface area contributed by atoms with Gasteiger partial charge in [-0.25, -0.2) is 0 Å². The Kier molecular flexibility index (Phi) is 2.64. The van der Waals surface area contributed by atoms with E-state index in [4.69, 9.17) is 11.5 Å². The summed E-state index contributed by atoms with van der Waals surface area (Å²) in [6, 6.07) is -0.323. The highest BCUT2D eigenvalue weighted by molar-refractivity contribution is 7.73. The Bertz CT molecular complexity index is 262. The number of hydrogen-bond acceptors (Lipinski definition) is 4. The zero-order valence-corrected chi connectivity index (χ0v) is 6.97. The Balaban J connectivity index is 2.87. The lowest BCUT2D eigenvalue weighted by Crippen LogP contribution is -2.41. The minimum atomic E-state index is -2.14. The van der Waals surface area contributed by atoms with Crippen molar-refractivity contribution in [3.8, 4) is 0 Å². The molecule has 1 saturated carbocycles. The van der Waals surface area contributed by atoms with Crippen LogP contribution in [0.25, 0.3) is 0 Å². The van der Waals surface area contributed by atoms with Crippen LogP contribution in [0.15, 0.2) is 0 Å². The first-order valence-electron chi connectivity index (χ1n) is 3.57. The predicted octanol–water partition coefficient (Wildman–Crippen LogP) is -1.12. The van der Waals surface area contributed by atoms with Crippen LogP contribution in [-0.4, -0.2) is 25.4 Å². The molecule has 0 heterocycles. The summed E-state index contributed by atoms with van der Waals surface area (Å²) in [5.74, 6) is 0. The minimum absolute atomic E-state index is 0.0253. The molecule has 11 heavy (non-hydrogen) atoms. The molecule has 4 nitrogen and oxygen atoms in total. The molecular weight excluding hydrogens is 164 g/mol. The first kappa shape index (κ1) is 8.70. The van der Waals surface area contributed by atoms with E-state index in [1.54, 1.807) is 0 Å². The van der Waals surface area contributed by atoms with E-state index in [2.05, 4.69) is 0 Å². The van der Waals surface area contributed by atoms with Gasteiger partial charge in [-0.1, -0.05) is 0 Å². The molecule has 1 aliphatic carbocycles. The van der Waals surface area contributed by atoms with Gasteiger partial charge < -0.3 is 11.5 Å². The van der Waals surface area contributed by atoms with Gasteiger partial charge in [0, 0.05) is 12.1 Å². The second-order valence-corrected chi connectivity index (χ2v) is 3.84. The van der Waals surface area contributed by atoms with E-state index in [0.717, 1.165) is 6.42 Å². The van der Waals surface area contributed by atoms with Crippen LogP contribution in [0.3, 0.4) is 0 Å². The summed E-state index contributed by atoms with van der Waals surface area (Å²) in [6.45, 7) is 0. The standard InChI is InChI=1S/C6H12N2O2S/c7-4-1-2-5(8)6(3-4)11(9)10/h4-5H,1-3,7-8H2. The number of hydrogen-bond donors (Lipinski definition) is 2. The number of rotatable bonds is 0. The molecule has 0 amide bonds. The smallest absolute Gasteiger partial charge is 0.214 e. The largest absolute Gasteiger partial charge is 0.327 e. The van der Waals surface area contributed by atoms with Gasteiger partial charge in [0.25, 0.3) is 0 Å². The van der Waals surface area contributed by atoms with Crippen LogP contribution >= 0.6 is 0 Å². The van der Waals surface area contributed by atoms with Crippen molar-refractivity contribution in [2.24, 2.45) is 11.5 Å². The van der Waals surface area contributed by atoms with Crippen molar-refractivity contribution >= 4 is 15.2 Å². The van der Waals surface area contributed by atoms with Gasteiger partial charge in [0.1, 0.15) is 0 Å². The lowest BCUT2D eigenvalue weighted by Gasteiger charge is -2.22. The molecule has 0 aromatic carbocycles. The molecule has 5 heteroatoms. The van der Waals surface area contributed by atoms with Crippen LogP contribution < -0.4 is 11.5 Å². The fraction of sp³-hybridized carbons (Fsp3) is 0.833. The predicted molar refractivity (Wildman–Crippen MR) is 43.7 cm³/mol. The summed E-state index contributed by atoms with van der Waals surface area (Å²) in [7, 11) is -2.14. The molecule has 64 valence electrons. The van der Waals surface area contributed by atoms with E-state index in [0.29, 0.717) is 17.7 Å². The maximum Gasteiger partial charge on any atom is 0.214 e. The fourth-order valence-electron chi connectivity index (χ4n) is 1.26. The third kappa shape index (κ3) is 2.02. The molecule has 0 spiro atoms. The Morgan fingerprint density at radius 2 is 1.91 bits per heavy atom. The molecule has 0 radical (unpaired) electrons. The van der Waals surface area contributed by atoms with Gasteiger partial charge in [-0.2, -0.15) is 8.42 Å². The molecule has 2 atom stereocenters. The Morgan fingerprint density at radius 3 is 2.36 bits per heavy atom. The summed E-state index contributed by atoms with van der Waals surface area (Å²) >= 11 is 0. The highest BCUT2D eigenvalue weighted by atomic mass is 32.2. The van der Waals surface area contributed by atoms with Crippen molar-refractivity contribution < 1.29 is 8.42 Å². The zero-order chi connectivity index (χ0) is 8.43. The van der Waals surface area contributed by atoms with Gasteiger partial charge in [0.05, 0.1) is 4.86 Å². The molecule has 0 saturated heterocycles. The second-order valence-electron chi connectivity index (χ2n) is 2.85. The molecule has 0 aliphatic heterocycles. The van der Waals surface area contributed by atoms with Gasteiger partial charge in [-0.3, -0.25) is 0 Å². The summed E-state index contributed by atoms with van der Waals surface area (Å²) in [5.41, 5.74) is 11.1. The first-order valence-corrected chi connectivity index (χ1v) is 4.65. The average molecular weight is 176 g/mol. The molecule has 2 unspecified atom stereocenters. The van der Waals surface area contributed by atoms with E-state index < -0.39 is 10.3 Å². The minimum Gasteiger partial charge on any atom is -0.327 e. The van der Waals surface area contributed by atoms with Crippen molar-refractivity contribution in [3.05, 3.63) is 0 Å². The molecule has 1 aliphatic rings.